The summed E-state index contributed by atoms with van der Waals surface area (Å²) in [7, 11) is 3.56. The number of nitrogens with zero attached hydrogens (tertiary/aromatic N) is 2. The van der Waals surface area contributed by atoms with Crippen LogP contribution < -0.4 is 9.80 Å². The molecule has 2 rings (SSSR count). The summed E-state index contributed by atoms with van der Waals surface area (Å²) in [6.45, 7) is 0.573. The van der Waals surface area contributed by atoms with E-state index in [9.17, 15) is 9.18 Å². The van der Waals surface area contributed by atoms with Gasteiger partial charge < -0.3 is 9.80 Å². The van der Waals surface area contributed by atoms with Gasteiger partial charge in [-0.05, 0) is 24.1 Å². The molecule has 1 amide bonds. The standard InChI is InChI=1S/C13H16ClFN2O/c1-16(2)12-4-3-10(6-11(12)15)17-8-9(7-14)5-13(17)18/h3-4,6,9H,5,7-8H2,1-2H3. The average Bonchev–Trinajstić information content (AvgIpc) is 2.70. The Labute approximate surface area is 111 Å². The van der Waals surface area contributed by atoms with Gasteiger partial charge in [0.1, 0.15) is 5.82 Å². The highest BCUT2D eigenvalue weighted by atomic mass is 35.5. The van der Waals surface area contributed by atoms with E-state index in [1.807, 2.05) is 0 Å². The molecule has 0 aliphatic carbocycles. The normalized spacial score (nSPS) is 19.4. The van der Waals surface area contributed by atoms with Crippen molar-refractivity contribution >= 4 is 28.9 Å². The van der Waals surface area contributed by atoms with Crippen molar-refractivity contribution in [3.8, 4) is 0 Å². The molecule has 1 aromatic carbocycles. The van der Waals surface area contributed by atoms with Gasteiger partial charge in [-0.2, -0.15) is 0 Å². The highest BCUT2D eigenvalue weighted by molar-refractivity contribution is 6.18. The molecular formula is C13H16ClFN2O. The van der Waals surface area contributed by atoms with Crippen LogP contribution in [0.1, 0.15) is 6.42 Å². The molecule has 0 spiro atoms. The van der Waals surface area contributed by atoms with Crippen molar-refractivity contribution in [2.75, 3.05) is 36.3 Å². The number of amides is 1. The fourth-order valence-corrected chi connectivity index (χ4v) is 2.37. The van der Waals surface area contributed by atoms with E-state index in [1.54, 1.807) is 36.0 Å². The number of anilines is 2. The van der Waals surface area contributed by atoms with Crippen LogP contribution in [0.4, 0.5) is 15.8 Å². The van der Waals surface area contributed by atoms with Crippen LogP contribution in [0.2, 0.25) is 0 Å². The summed E-state index contributed by atoms with van der Waals surface area (Å²) >= 11 is 5.76. The van der Waals surface area contributed by atoms with Gasteiger partial charge in [0, 0.05) is 38.6 Å². The summed E-state index contributed by atoms with van der Waals surface area (Å²) in [4.78, 5) is 15.1. The third-order valence-corrected chi connectivity index (χ3v) is 3.58. The lowest BCUT2D eigenvalue weighted by Gasteiger charge is -2.19. The predicted molar refractivity (Wildman–Crippen MR) is 71.9 cm³/mol. The maximum Gasteiger partial charge on any atom is 0.227 e. The topological polar surface area (TPSA) is 23.6 Å². The van der Waals surface area contributed by atoms with Crippen molar-refractivity contribution in [3.05, 3.63) is 24.0 Å². The van der Waals surface area contributed by atoms with E-state index in [0.29, 0.717) is 30.2 Å². The first-order valence-electron chi connectivity index (χ1n) is 5.86. The maximum absolute atomic E-state index is 13.9. The minimum atomic E-state index is -0.320. The highest BCUT2D eigenvalue weighted by Crippen LogP contribution is 2.29. The van der Waals surface area contributed by atoms with Gasteiger partial charge in [0.05, 0.1) is 5.69 Å². The molecule has 0 saturated carbocycles. The molecule has 1 atom stereocenters. The zero-order valence-corrected chi connectivity index (χ0v) is 11.2. The molecular weight excluding hydrogens is 255 g/mol. The highest BCUT2D eigenvalue weighted by Gasteiger charge is 2.30. The average molecular weight is 271 g/mol. The molecule has 18 heavy (non-hydrogen) atoms. The Hall–Kier alpha value is -1.29. The minimum absolute atomic E-state index is 0.0117. The Balaban J connectivity index is 2.25. The lowest BCUT2D eigenvalue weighted by Crippen LogP contribution is -2.25. The van der Waals surface area contributed by atoms with Gasteiger partial charge in [0.15, 0.2) is 0 Å². The van der Waals surface area contributed by atoms with Crippen molar-refractivity contribution in [1.29, 1.82) is 0 Å². The number of carbonyl (C=O) groups is 1. The summed E-state index contributed by atoms with van der Waals surface area (Å²) in [6.07, 6.45) is 0.445. The number of hydrogen-bond acceptors (Lipinski definition) is 2. The van der Waals surface area contributed by atoms with E-state index < -0.39 is 0 Å². The van der Waals surface area contributed by atoms with Crippen LogP contribution in [0.15, 0.2) is 18.2 Å². The second kappa shape index (κ2) is 5.14. The first kappa shape index (κ1) is 13.1. The van der Waals surface area contributed by atoms with Gasteiger partial charge in [0.2, 0.25) is 5.91 Å². The second-order valence-corrected chi connectivity index (χ2v) is 5.07. The Morgan fingerprint density at radius 1 is 1.50 bits per heavy atom. The van der Waals surface area contributed by atoms with Crippen LogP contribution in [0.5, 0.6) is 0 Å². The fraction of sp³-hybridized carbons (Fsp3) is 0.462. The molecule has 0 aromatic heterocycles. The number of rotatable bonds is 3. The van der Waals surface area contributed by atoms with Gasteiger partial charge in [-0.1, -0.05) is 0 Å². The van der Waals surface area contributed by atoms with Crippen LogP contribution in [0.25, 0.3) is 0 Å². The zero-order chi connectivity index (χ0) is 13.3. The Morgan fingerprint density at radius 3 is 2.72 bits per heavy atom. The Morgan fingerprint density at radius 2 is 2.22 bits per heavy atom. The second-order valence-electron chi connectivity index (χ2n) is 4.76. The SMILES string of the molecule is CN(C)c1ccc(N2CC(CCl)CC2=O)cc1F. The fourth-order valence-electron chi connectivity index (χ4n) is 2.16. The number of alkyl halides is 1. The molecule has 1 unspecified atom stereocenters. The lowest BCUT2D eigenvalue weighted by atomic mass is 10.1. The van der Waals surface area contributed by atoms with Gasteiger partial charge in [-0.15, -0.1) is 11.6 Å². The van der Waals surface area contributed by atoms with E-state index in [1.165, 1.54) is 6.07 Å². The van der Waals surface area contributed by atoms with Crippen molar-refractivity contribution in [3.63, 3.8) is 0 Å². The van der Waals surface area contributed by atoms with Crippen LogP contribution in [0, 0.1) is 11.7 Å². The third kappa shape index (κ3) is 2.43. The molecule has 5 heteroatoms. The maximum atomic E-state index is 13.9. The van der Waals surface area contributed by atoms with Gasteiger partial charge >= 0.3 is 0 Å². The molecule has 1 aliphatic rings. The van der Waals surface area contributed by atoms with E-state index in [4.69, 9.17) is 11.6 Å². The van der Waals surface area contributed by atoms with Crippen LogP contribution in [0.3, 0.4) is 0 Å². The number of hydrogen-bond donors (Lipinski definition) is 0. The molecule has 0 bridgehead atoms. The molecule has 1 fully saturated rings. The van der Waals surface area contributed by atoms with Gasteiger partial charge in [-0.3, -0.25) is 4.79 Å². The van der Waals surface area contributed by atoms with Crippen molar-refractivity contribution in [2.24, 2.45) is 5.92 Å². The van der Waals surface area contributed by atoms with Crippen molar-refractivity contribution in [1.82, 2.24) is 0 Å². The van der Waals surface area contributed by atoms with Gasteiger partial charge in [0.25, 0.3) is 0 Å². The number of benzene rings is 1. The largest absolute Gasteiger partial charge is 0.375 e. The van der Waals surface area contributed by atoms with Crippen LogP contribution in [-0.2, 0) is 4.79 Å². The number of carbonyl (C=O) groups excluding carboxylic acids is 1. The summed E-state index contributed by atoms with van der Waals surface area (Å²) in [5, 5.41) is 0. The molecule has 1 heterocycles. The monoisotopic (exact) mass is 270 g/mol. The molecule has 1 saturated heterocycles. The Kier molecular flexibility index (Phi) is 3.76. The molecule has 0 N–H and O–H groups in total. The van der Waals surface area contributed by atoms with Crippen LogP contribution >= 0.6 is 11.6 Å². The van der Waals surface area contributed by atoms with E-state index in [0.717, 1.165) is 0 Å². The predicted octanol–water partition coefficient (Wildman–Crippen LogP) is 2.48. The summed E-state index contributed by atoms with van der Waals surface area (Å²) in [5.74, 6) is 0.313. The van der Waals surface area contributed by atoms with E-state index in [-0.39, 0.29) is 17.6 Å². The molecule has 1 aromatic rings. The summed E-state index contributed by atoms with van der Waals surface area (Å²) < 4.78 is 13.9. The summed E-state index contributed by atoms with van der Waals surface area (Å²) in [5.41, 5.74) is 1.12. The minimum Gasteiger partial charge on any atom is -0.375 e. The molecule has 1 aliphatic heterocycles. The molecule has 3 nitrogen and oxygen atoms in total. The third-order valence-electron chi connectivity index (χ3n) is 3.15. The lowest BCUT2D eigenvalue weighted by molar-refractivity contribution is -0.117. The van der Waals surface area contributed by atoms with E-state index in [2.05, 4.69) is 0 Å². The zero-order valence-electron chi connectivity index (χ0n) is 10.5. The molecule has 98 valence electrons. The first-order valence-corrected chi connectivity index (χ1v) is 6.39. The quantitative estimate of drug-likeness (QED) is 0.788. The van der Waals surface area contributed by atoms with Crippen LogP contribution in [-0.4, -0.2) is 32.4 Å². The van der Waals surface area contributed by atoms with E-state index >= 15 is 0 Å². The van der Waals surface area contributed by atoms with Crippen molar-refractivity contribution in [2.45, 2.75) is 6.42 Å². The smallest absolute Gasteiger partial charge is 0.227 e. The van der Waals surface area contributed by atoms with Gasteiger partial charge in [-0.25, -0.2) is 4.39 Å². The molecule has 0 radical (unpaired) electrons. The first-order chi connectivity index (χ1) is 8.52. The number of halogens is 2. The Bertz CT molecular complexity index is 464. The van der Waals surface area contributed by atoms with Crippen molar-refractivity contribution < 1.29 is 9.18 Å². The summed E-state index contributed by atoms with van der Waals surface area (Å²) in [6, 6.07) is 4.86.